The number of ether oxygens (including phenoxy) is 2. The van der Waals surface area contributed by atoms with Crippen molar-refractivity contribution < 1.29 is 14.3 Å². The lowest BCUT2D eigenvalue weighted by Gasteiger charge is -2.13. The van der Waals surface area contributed by atoms with Gasteiger partial charge in [-0.1, -0.05) is 41.9 Å². The molecule has 1 amide bonds. The third kappa shape index (κ3) is 5.78. The van der Waals surface area contributed by atoms with Gasteiger partial charge in [-0.3, -0.25) is 4.79 Å². The second-order valence-corrected chi connectivity index (χ2v) is 6.34. The van der Waals surface area contributed by atoms with Crippen molar-refractivity contribution in [1.29, 1.82) is 5.26 Å². The number of anilines is 1. The summed E-state index contributed by atoms with van der Waals surface area (Å²) in [5.74, 6) is 0.226. The summed E-state index contributed by atoms with van der Waals surface area (Å²) in [7, 11) is 0. The molecule has 0 spiro atoms. The van der Waals surface area contributed by atoms with Crippen LogP contribution in [-0.4, -0.2) is 19.1 Å². The molecule has 0 saturated carbocycles. The summed E-state index contributed by atoms with van der Waals surface area (Å²) >= 11 is 12.2. The predicted molar refractivity (Wildman–Crippen MR) is 112 cm³/mol. The molecule has 0 fully saturated rings. The van der Waals surface area contributed by atoms with Crippen molar-refractivity contribution >= 4 is 40.9 Å². The van der Waals surface area contributed by atoms with Crippen LogP contribution in [0.1, 0.15) is 12.5 Å². The maximum absolute atomic E-state index is 12.4. The second kappa shape index (κ2) is 10.4. The van der Waals surface area contributed by atoms with E-state index < -0.39 is 5.91 Å². The normalized spacial score (nSPS) is 10.7. The Balaban J connectivity index is 2.33. The fourth-order valence-corrected chi connectivity index (χ4v) is 2.76. The quantitative estimate of drug-likeness (QED) is 0.350. The zero-order valence-corrected chi connectivity index (χ0v) is 16.7. The number of carbonyl (C=O) groups is 1. The average molecular weight is 417 g/mol. The van der Waals surface area contributed by atoms with Crippen molar-refractivity contribution in [3.8, 4) is 17.6 Å². The van der Waals surface area contributed by atoms with E-state index >= 15 is 0 Å². The topological polar surface area (TPSA) is 71.3 Å². The first-order chi connectivity index (χ1) is 13.5. The SMILES string of the molecule is C=CCOc1c(Cl)cc(/C=C(\C#N)C(=O)Nc2cccc(Cl)c2)cc1OCC. The van der Waals surface area contributed by atoms with Crippen molar-refractivity contribution in [1.82, 2.24) is 0 Å². The summed E-state index contributed by atoms with van der Waals surface area (Å²) in [4.78, 5) is 12.4. The van der Waals surface area contributed by atoms with Crippen LogP contribution in [0.25, 0.3) is 6.08 Å². The smallest absolute Gasteiger partial charge is 0.266 e. The van der Waals surface area contributed by atoms with Crippen LogP contribution in [0.4, 0.5) is 5.69 Å². The minimum atomic E-state index is -0.564. The van der Waals surface area contributed by atoms with E-state index in [1.165, 1.54) is 6.08 Å². The number of halogens is 2. The Kier molecular flexibility index (Phi) is 7.94. The third-order valence-electron chi connectivity index (χ3n) is 3.44. The average Bonchev–Trinajstić information content (AvgIpc) is 2.65. The van der Waals surface area contributed by atoms with Crippen LogP contribution < -0.4 is 14.8 Å². The molecule has 0 heterocycles. The first-order valence-corrected chi connectivity index (χ1v) is 9.12. The highest BCUT2D eigenvalue weighted by molar-refractivity contribution is 6.32. The zero-order valence-electron chi connectivity index (χ0n) is 15.2. The molecule has 7 heteroatoms. The number of benzene rings is 2. The van der Waals surface area contributed by atoms with Crippen molar-refractivity contribution in [2.75, 3.05) is 18.5 Å². The van der Waals surface area contributed by atoms with Gasteiger partial charge in [0.15, 0.2) is 11.5 Å². The highest BCUT2D eigenvalue weighted by Crippen LogP contribution is 2.37. The van der Waals surface area contributed by atoms with E-state index in [1.807, 2.05) is 13.0 Å². The minimum Gasteiger partial charge on any atom is -0.490 e. The first kappa shape index (κ1) is 21.4. The van der Waals surface area contributed by atoms with Gasteiger partial charge in [0.05, 0.1) is 11.6 Å². The zero-order chi connectivity index (χ0) is 20.5. The number of nitrogens with one attached hydrogen (secondary N) is 1. The van der Waals surface area contributed by atoms with Gasteiger partial charge in [0.25, 0.3) is 5.91 Å². The maximum Gasteiger partial charge on any atom is 0.266 e. The van der Waals surface area contributed by atoms with Gasteiger partial charge in [-0.2, -0.15) is 5.26 Å². The van der Waals surface area contributed by atoms with Gasteiger partial charge in [-0.15, -0.1) is 0 Å². The molecule has 0 unspecified atom stereocenters. The van der Waals surface area contributed by atoms with Crippen LogP contribution in [0.3, 0.4) is 0 Å². The fourth-order valence-electron chi connectivity index (χ4n) is 2.30. The lowest BCUT2D eigenvalue weighted by atomic mass is 10.1. The van der Waals surface area contributed by atoms with E-state index in [-0.39, 0.29) is 12.2 Å². The molecule has 2 aromatic carbocycles. The van der Waals surface area contributed by atoms with Crippen LogP contribution in [0.15, 0.2) is 54.6 Å². The Hall–Kier alpha value is -2.94. The number of rotatable bonds is 8. The molecule has 1 N–H and O–H groups in total. The summed E-state index contributed by atoms with van der Waals surface area (Å²) < 4.78 is 11.1. The van der Waals surface area contributed by atoms with E-state index in [4.69, 9.17) is 32.7 Å². The van der Waals surface area contributed by atoms with Crippen molar-refractivity contribution in [2.45, 2.75) is 6.92 Å². The molecule has 0 bridgehead atoms. The van der Waals surface area contributed by atoms with E-state index in [0.717, 1.165) is 0 Å². The first-order valence-electron chi connectivity index (χ1n) is 8.37. The standard InChI is InChI=1S/C21H18Cl2N2O3/c1-3-8-28-20-18(23)10-14(11-19(20)27-4-2)9-15(13-24)21(26)25-17-7-5-6-16(22)12-17/h3,5-7,9-12H,1,4,8H2,2H3,(H,25,26)/b15-9+. The molecule has 2 rings (SSSR count). The van der Waals surface area contributed by atoms with E-state index in [9.17, 15) is 10.1 Å². The van der Waals surface area contributed by atoms with Crippen LogP contribution in [0.5, 0.6) is 11.5 Å². The van der Waals surface area contributed by atoms with Crippen LogP contribution in [0.2, 0.25) is 10.0 Å². The van der Waals surface area contributed by atoms with Gasteiger partial charge < -0.3 is 14.8 Å². The van der Waals surface area contributed by atoms with Gasteiger partial charge >= 0.3 is 0 Å². The molecular weight excluding hydrogens is 399 g/mol. The molecule has 28 heavy (non-hydrogen) atoms. The molecule has 0 radical (unpaired) electrons. The molecule has 0 saturated heterocycles. The van der Waals surface area contributed by atoms with Crippen molar-refractivity contribution in [3.05, 3.63) is 70.2 Å². The summed E-state index contributed by atoms with van der Waals surface area (Å²) in [6.07, 6.45) is 3.01. The van der Waals surface area contributed by atoms with E-state index in [0.29, 0.717) is 39.4 Å². The van der Waals surface area contributed by atoms with Crippen LogP contribution >= 0.6 is 23.2 Å². The van der Waals surface area contributed by atoms with Crippen molar-refractivity contribution in [3.63, 3.8) is 0 Å². The summed E-state index contributed by atoms with van der Waals surface area (Å²) in [5, 5.41) is 12.8. The van der Waals surface area contributed by atoms with Crippen LogP contribution in [0, 0.1) is 11.3 Å². The Bertz CT molecular complexity index is 949. The van der Waals surface area contributed by atoms with Gasteiger partial charge in [0, 0.05) is 10.7 Å². The molecule has 0 aromatic heterocycles. The Morgan fingerprint density at radius 2 is 2.07 bits per heavy atom. The van der Waals surface area contributed by atoms with Gasteiger partial charge in [-0.25, -0.2) is 0 Å². The number of nitrogens with zero attached hydrogens (tertiary/aromatic N) is 1. The highest BCUT2D eigenvalue weighted by atomic mass is 35.5. The van der Waals surface area contributed by atoms with Crippen LogP contribution in [-0.2, 0) is 4.79 Å². The molecule has 0 aliphatic carbocycles. The molecule has 0 atom stereocenters. The Morgan fingerprint density at radius 1 is 1.29 bits per heavy atom. The monoisotopic (exact) mass is 416 g/mol. The maximum atomic E-state index is 12.4. The molecule has 144 valence electrons. The van der Waals surface area contributed by atoms with E-state index in [2.05, 4.69) is 11.9 Å². The summed E-state index contributed by atoms with van der Waals surface area (Å²) in [6.45, 7) is 6.09. The number of hydrogen-bond donors (Lipinski definition) is 1. The van der Waals surface area contributed by atoms with E-state index in [1.54, 1.807) is 42.5 Å². The lowest BCUT2D eigenvalue weighted by molar-refractivity contribution is -0.112. The van der Waals surface area contributed by atoms with Gasteiger partial charge in [-0.05, 0) is 48.9 Å². The molecule has 5 nitrogen and oxygen atoms in total. The molecule has 0 aliphatic rings. The Labute approximate surface area is 173 Å². The predicted octanol–water partition coefficient (Wildman–Crippen LogP) is 5.50. The second-order valence-electron chi connectivity index (χ2n) is 5.50. The number of carbonyl (C=O) groups excluding carboxylic acids is 1. The fraction of sp³-hybridized carbons (Fsp3) is 0.143. The highest BCUT2D eigenvalue weighted by Gasteiger charge is 2.14. The van der Waals surface area contributed by atoms with Gasteiger partial charge in [0.1, 0.15) is 18.2 Å². The molecule has 0 aliphatic heterocycles. The third-order valence-corrected chi connectivity index (χ3v) is 3.95. The Morgan fingerprint density at radius 3 is 2.71 bits per heavy atom. The van der Waals surface area contributed by atoms with Gasteiger partial charge in [0.2, 0.25) is 0 Å². The largest absolute Gasteiger partial charge is 0.490 e. The number of amides is 1. The van der Waals surface area contributed by atoms with Crippen molar-refractivity contribution in [2.24, 2.45) is 0 Å². The molecule has 2 aromatic rings. The minimum absolute atomic E-state index is 0.0988. The summed E-state index contributed by atoms with van der Waals surface area (Å²) in [6, 6.07) is 11.8. The number of nitriles is 1. The molecular formula is C21H18Cl2N2O3. The lowest BCUT2D eigenvalue weighted by Crippen LogP contribution is -2.13. The summed E-state index contributed by atoms with van der Waals surface area (Å²) in [5.41, 5.74) is 0.912. The number of hydrogen-bond acceptors (Lipinski definition) is 4.